The molecule has 3 unspecified atom stereocenters. The third-order valence-corrected chi connectivity index (χ3v) is 4.47. The predicted molar refractivity (Wildman–Crippen MR) is 96.1 cm³/mol. The molecule has 1 aliphatic heterocycles. The third kappa shape index (κ3) is 4.06. The van der Waals surface area contributed by atoms with Gasteiger partial charge in [0.2, 0.25) is 11.8 Å². The molecule has 3 N–H and O–H groups in total. The highest BCUT2D eigenvalue weighted by molar-refractivity contribution is 6.04. The maximum Gasteiger partial charge on any atom is 0.232 e. The summed E-state index contributed by atoms with van der Waals surface area (Å²) in [5.41, 5.74) is 2.46. The van der Waals surface area contributed by atoms with Crippen molar-refractivity contribution < 1.29 is 14.7 Å². The first kappa shape index (κ1) is 17.2. The molecule has 2 aromatic carbocycles. The first-order chi connectivity index (χ1) is 12.0. The maximum absolute atomic E-state index is 12.3. The Hall–Kier alpha value is -2.66. The van der Waals surface area contributed by atoms with Crippen molar-refractivity contribution in [1.82, 2.24) is 5.32 Å². The molecule has 25 heavy (non-hydrogen) atoms. The number of hydrogen-bond donors (Lipinski definition) is 3. The highest BCUT2D eigenvalue weighted by Crippen LogP contribution is 2.34. The Morgan fingerprint density at radius 1 is 1.16 bits per heavy atom. The van der Waals surface area contributed by atoms with Crippen LogP contribution in [0.1, 0.15) is 42.9 Å². The topological polar surface area (TPSA) is 78.4 Å². The van der Waals surface area contributed by atoms with Crippen LogP contribution in [-0.2, 0) is 9.59 Å². The number of benzene rings is 2. The summed E-state index contributed by atoms with van der Waals surface area (Å²) in [6.07, 6.45) is -0.107. The van der Waals surface area contributed by atoms with E-state index >= 15 is 0 Å². The van der Waals surface area contributed by atoms with Gasteiger partial charge in [0.25, 0.3) is 0 Å². The Labute approximate surface area is 147 Å². The maximum atomic E-state index is 12.3. The summed E-state index contributed by atoms with van der Waals surface area (Å²) in [6, 6.07) is 16.6. The lowest BCUT2D eigenvalue weighted by molar-refractivity contribution is -0.125. The molecule has 0 fully saturated rings. The second-order valence-electron chi connectivity index (χ2n) is 6.46. The van der Waals surface area contributed by atoms with Gasteiger partial charge in [-0.05, 0) is 30.5 Å². The van der Waals surface area contributed by atoms with Crippen molar-refractivity contribution in [2.75, 3.05) is 5.32 Å². The SMILES string of the molecule is CC(CC(O)c1ccccc1)NC(=O)CC1C(=O)Nc2ccccc21. The summed E-state index contributed by atoms with van der Waals surface area (Å²) < 4.78 is 0. The highest BCUT2D eigenvalue weighted by atomic mass is 16.3. The zero-order valence-electron chi connectivity index (χ0n) is 14.1. The molecule has 1 heterocycles. The number of carbonyl (C=O) groups is 2. The summed E-state index contributed by atoms with van der Waals surface area (Å²) >= 11 is 0. The van der Waals surface area contributed by atoms with Crippen LogP contribution in [0.2, 0.25) is 0 Å². The van der Waals surface area contributed by atoms with Crippen LogP contribution in [0.25, 0.3) is 0 Å². The van der Waals surface area contributed by atoms with Gasteiger partial charge < -0.3 is 15.7 Å². The van der Waals surface area contributed by atoms with Crippen molar-refractivity contribution in [2.45, 2.75) is 37.8 Å². The molecular formula is C20H22N2O3. The molecule has 0 saturated carbocycles. The first-order valence-corrected chi connectivity index (χ1v) is 8.46. The van der Waals surface area contributed by atoms with Gasteiger partial charge in [0, 0.05) is 18.2 Å². The molecule has 3 atom stereocenters. The van der Waals surface area contributed by atoms with Crippen LogP contribution in [0.5, 0.6) is 0 Å². The van der Waals surface area contributed by atoms with Crippen LogP contribution in [-0.4, -0.2) is 23.0 Å². The Balaban J connectivity index is 1.55. The minimum Gasteiger partial charge on any atom is -0.388 e. The van der Waals surface area contributed by atoms with Crippen molar-refractivity contribution in [2.24, 2.45) is 0 Å². The molecule has 0 radical (unpaired) electrons. The quantitative estimate of drug-likeness (QED) is 0.758. The molecular weight excluding hydrogens is 316 g/mol. The number of amides is 2. The smallest absolute Gasteiger partial charge is 0.232 e. The standard InChI is InChI=1S/C20H22N2O3/c1-13(11-18(23)14-7-3-2-4-8-14)21-19(24)12-16-15-9-5-6-10-17(15)22-20(16)25/h2-10,13,16,18,23H,11-12H2,1H3,(H,21,24)(H,22,25). The van der Waals surface area contributed by atoms with Crippen molar-refractivity contribution in [1.29, 1.82) is 0 Å². The first-order valence-electron chi connectivity index (χ1n) is 8.46. The minimum absolute atomic E-state index is 0.106. The molecule has 0 aliphatic carbocycles. The van der Waals surface area contributed by atoms with Crippen molar-refractivity contribution in [3.8, 4) is 0 Å². The Kier molecular flexibility index (Phi) is 5.14. The molecule has 0 saturated heterocycles. The van der Waals surface area contributed by atoms with Gasteiger partial charge in [-0.1, -0.05) is 48.5 Å². The van der Waals surface area contributed by atoms with Crippen LogP contribution in [0.3, 0.4) is 0 Å². The van der Waals surface area contributed by atoms with Gasteiger partial charge in [-0.2, -0.15) is 0 Å². The van der Waals surface area contributed by atoms with Crippen LogP contribution in [0, 0.1) is 0 Å². The molecule has 1 aliphatic rings. The summed E-state index contributed by atoms with van der Waals surface area (Å²) in [5, 5.41) is 15.9. The van der Waals surface area contributed by atoms with Gasteiger partial charge >= 0.3 is 0 Å². The van der Waals surface area contributed by atoms with E-state index < -0.39 is 12.0 Å². The Bertz CT molecular complexity index is 761. The Morgan fingerprint density at radius 2 is 1.84 bits per heavy atom. The Morgan fingerprint density at radius 3 is 2.60 bits per heavy atom. The average molecular weight is 338 g/mol. The van der Waals surface area contributed by atoms with Crippen molar-refractivity contribution >= 4 is 17.5 Å². The molecule has 5 heteroatoms. The van der Waals surface area contributed by atoms with Crippen LogP contribution >= 0.6 is 0 Å². The summed E-state index contributed by atoms with van der Waals surface area (Å²) in [5.74, 6) is -0.791. The van der Waals surface area contributed by atoms with Gasteiger partial charge in [0.15, 0.2) is 0 Å². The van der Waals surface area contributed by atoms with Crippen LogP contribution < -0.4 is 10.6 Å². The largest absolute Gasteiger partial charge is 0.388 e. The lowest BCUT2D eigenvalue weighted by Crippen LogP contribution is -2.35. The number of hydrogen-bond acceptors (Lipinski definition) is 3. The highest BCUT2D eigenvalue weighted by Gasteiger charge is 2.32. The van der Waals surface area contributed by atoms with E-state index in [1.165, 1.54) is 0 Å². The monoisotopic (exact) mass is 338 g/mol. The second kappa shape index (κ2) is 7.49. The van der Waals surface area contributed by atoms with E-state index in [0.717, 1.165) is 16.8 Å². The van der Waals surface area contributed by atoms with E-state index in [4.69, 9.17) is 0 Å². The van der Waals surface area contributed by atoms with E-state index in [1.54, 1.807) is 0 Å². The number of para-hydroxylation sites is 1. The average Bonchev–Trinajstić information content (AvgIpc) is 2.91. The minimum atomic E-state index is -0.632. The normalized spacial score (nSPS) is 18.2. The number of carbonyl (C=O) groups excluding carboxylic acids is 2. The molecule has 0 bridgehead atoms. The molecule has 5 nitrogen and oxygen atoms in total. The molecule has 2 aromatic rings. The number of nitrogens with one attached hydrogen (secondary N) is 2. The van der Waals surface area contributed by atoms with Crippen molar-refractivity contribution in [3.05, 3.63) is 65.7 Å². The predicted octanol–water partition coefficient (Wildman–Crippen LogP) is 2.74. The van der Waals surface area contributed by atoms with Gasteiger partial charge in [-0.25, -0.2) is 0 Å². The lowest BCUT2D eigenvalue weighted by atomic mass is 9.96. The van der Waals surface area contributed by atoms with E-state index in [-0.39, 0.29) is 24.3 Å². The molecule has 2 amide bonds. The number of rotatable bonds is 6. The molecule has 0 spiro atoms. The van der Waals surface area contributed by atoms with Crippen LogP contribution in [0.15, 0.2) is 54.6 Å². The van der Waals surface area contributed by atoms with E-state index in [2.05, 4.69) is 10.6 Å². The zero-order chi connectivity index (χ0) is 17.8. The van der Waals surface area contributed by atoms with E-state index in [9.17, 15) is 14.7 Å². The fourth-order valence-electron chi connectivity index (χ4n) is 3.20. The zero-order valence-corrected chi connectivity index (χ0v) is 14.1. The van der Waals surface area contributed by atoms with Gasteiger partial charge in [-0.3, -0.25) is 9.59 Å². The van der Waals surface area contributed by atoms with Gasteiger partial charge in [0.05, 0.1) is 12.0 Å². The fourth-order valence-corrected chi connectivity index (χ4v) is 3.20. The number of aliphatic hydroxyl groups excluding tert-OH is 1. The summed E-state index contributed by atoms with van der Waals surface area (Å²) in [7, 11) is 0. The van der Waals surface area contributed by atoms with Crippen molar-refractivity contribution in [3.63, 3.8) is 0 Å². The van der Waals surface area contributed by atoms with Gasteiger partial charge in [-0.15, -0.1) is 0 Å². The fraction of sp³-hybridized carbons (Fsp3) is 0.300. The molecule has 130 valence electrons. The van der Waals surface area contributed by atoms with Crippen LogP contribution in [0.4, 0.5) is 5.69 Å². The summed E-state index contributed by atoms with van der Waals surface area (Å²) in [6.45, 7) is 1.85. The lowest BCUT2D eigenvalue weighted by Gasteiger charge is -2.19. The number of fused-ring (bicyclic) bond motifs is 1. The van der Waals surface area contributed by atoms with E-state index in [0.29, 0.717) is 6.42 Å². The summed E-state index contributed by atoms with van der Waals surface area (Å²) in [4.78, 5) is 24.4. The molecule has 3 rings (SSSR count). The molecule has 0 aromatic heterocycles. The third-order valence-electron chi connectivity index (χ3n) is 4.47. The number of aliphatic hydroxyl groups is 1. The van der Waals surface area contributed by atoms with E-state index in [1.807, 2.05) is 61.5 Å². The number of anilines is 1. The van der Waals surface area contributed by atoms with Gasteiger partial charge in [0.1, 0.15) is 0 Å². The second-order valence-corrected chi connectivity index (χ2v) is 6.46.